The van der Waals surface area contributed by atoms with Gasteiger partial charge >= 0.3 is 0 Å². The van der Waals surface area contributed by atoms with Crippen LogP contribution in [0.15, 0.2) is 133 Å². The molecule has 7 aromatic carbocycles. The zero-order chi connectivity index (χ0) is 28.5. The molecule has 0 fully saturated rings. The van der Waals surface area contributed by atoms with E-state index in [0.29, 0.717) is 0 Å². The Balaban J connectivity index is 1.14. The molecule has 44 heavy (non-hydrogen) atoms. The van der Waals surface area contributed by atoms with Crippen LogP contribution in [0.1, 0.15) is 0 Å². The maximum atomic E-state index is 5.31. The van der Waals surface area contributed by atoms with Crippen molar-refractivity contribution < 1.29 is 0 Å². The fourth-order valence-electron chi connectivity index (χ4n) is 7.86. The van der Waals surface area contributed by atoms with Crippen LogP contribution in [0.4, 0.5) is 0 Å². The van der Waals surface area contributed by atoms with Crippen LogP contribution >= 0.6 is 11.3 Å². The Morgan fingerprint density at radius 1 is 0.455 bits per heavy atom. The smallest absolute Gasteiger partial charge is 0.0723 e. The van der Waals surface area contributed by atoms with E-state index in [1.807, 2.05) is 11.3 Å². The number of para-hydroxylation sites is 2. The molecule has 0 aliphatic heterocycles. The summed E-state index contributed by atoms with van der Waals surface area (Å²) in [4.78, 5) is 5.31. The van der Waals surface area contributed by atoms with Gasteiger partial charge in [0.25, 0.3) is 0 Å². The SMILES string of the molecule is c1cc(-c2ccc3c(c2)c2cccc4c5ccccc5n3c42)nc(-c2ccc3c4ccccc4c4cccc5sc2c3c54)c1. The standard InChI is InChI=1S/C41H22N2S/c1-2-9-25-24(8-1)27-11-6-17-37-38(27)39-28(25)19-20-31(41(39)44-37)34-15-7-14-33(42-34)23-18-21-36-32(22-23)30-13-5-12-29-26-10-3-4-16-35(26)43(36)40(29)30/h1-22H. The lowest BCUT2D eigenvalue weighted by Crippen LogP contribution is -1.89. The number of nitrogens with zero attached hydrogens (tertiary/aromatic N) is 2. The van der Waals surface area contributed by atoms with Crippen LogP contribution in [0.5, 0.6) is 0 Å². The quantitative estimate of drug-likeness (QED) is 0.188. The third-order valence-electron chi connectivity index (χ3n) is 9.70. The Hall–Kier alpha value is -5.51. The zero-order valence-electron chi connectivity index (χ0n) is 23.5. The Kier molecular flexibility index (Phi) is 4.24. The molecule has 202 valence electrons. The molecule has 4 aromatic heterocycles. The Morgan fingerprint density at radius 2 is 1.11 bits per heavy atom. The van der Waals surface area contributed by atoms with Crippen LogP contribution in [0, 0.1) is 0 Å². The van der Waals surface area contributed by atoms with Crippen LogP contribution in [0.25, 0.3) is 102 Å². The van der Waals surface area contributed by atoms with Crippen molar-refractivity contribution >= 4 is 91.1 Å². The van der Waals surface area contributed by atoms with Crippen molar-refractivity contribution in [2.45, 2.75) is 0 Å². The molecule has 0 N–H and O–H groups in total. The molecule has 0 radical (unpaired) electrons. The van der Waals surface area contributed by atoms with Gasteiger partial charge in [-0.05, 0) is 57.9 Å². The molecule has 2 nitrogen and oxygen atoms in total. The Morgan fingerprint density at radius 3 is 2.00 bits per heavy atom. The highest BCUT2D eigenvalue weighted by atomic mass is 32.1. The van der Waals surface area contributed by atoms with Gasteiger partial charge in [-0.3, -0.25) is 0 Å². The average molecular weight is 575 g/mol. The summed E-state index contributed by atoms with van der Waals surface area (Å²) >= 11 is 1.89. The number of benzene rings is 7. The second-order valence-electron chi connectivity index (χ2n) is 11.9. The molecular weight excluding hydrogens is 553 g/mol. The molecule has 0 aliphatic carbocycles. The van der Waals surface area contributed by atoms with E-state index in [4.69, 9.17) is 4.98 Å². The van der Waals surface area contributed by atoms with Crippen LogP contribution in [-0.4, -0.2) is 9.38 Å². The number of pyridine rings is 1. The van der Waals surface area contributed by atoms with Crippen molar-refractivity contribution in [2.24, 2.45) is 0 Å². The summed E-state index contributed by atoms with van der Waals surface area (Å²) in [5.41, 5.74) is 8.15. The van der Waals surface area contributed by atoms with Crippen LogP contribution in [-0.2, 0) is 0 Å². The predicted octanol–water partition coefficient (Wildman–Crippen LogP) is 11.7. The van der Waals surface area contributed by atoms with Gasteiger partial charge in [-0.15, -0.1) is 11.3 Å². The lowest BCUT2D eigenvalue weighted by atomic mass is 9.93. The third kappa shape index (κ3) is 2.78. The molecule has 0 atom stereocenters. The summed E-state index contributed by atoms with van der Waals surface area (Å²) < 4.78 is 5.08. The minimum absolute atomic E-state index is 0.996. The number of aromatic nitrogens is 2. The highest BCUT2D eigenvalue weighted by Gasteiger charge is 2.20. The highest BCUT2D eigenvalue weighted by Crippen LogP contribution is 2.48. The Bertz CT molecular complexity index is 2940. The molecule has 0 aliphatic rings. The summed E-state index contributed by atoms with van der Waals surface area (Å²) in [5.74, 6) is 0. The fourth-order valence-corrected chi connectivity index (χ4v) is 9.14. The van der Waals surface area contributed by atoms with Crippen LogP contribution < -0.4 is 0 Å². The molecule has 0 saturated carbocycles. The maximum absolute atomic E-state index is 5.31. The number of rotatable bonds is 2. The van der Waals surface area contributed by atoms with Crippen molar-refractivity contribution in [1.82, 2.24) is 9.38 Å². The van der Waals surface area contributed by atoms with E-state index in [1.165, 1.54) is 85.4 Å². The van der Waals surface area contributed by atoms with E-state index in [9.17, 15) is 0 Å². The van der Waals surface area contributed by atoms with Crippen molar-refractivity contribution in [3.8, 4) is 22.5 Å². The van der Waals surface area contributed by atoms with E-state index in [0.717, 1.165) is 17.0 Å². The molecular formula is C41H22N2S. The largest absolute Gasteiger partial charge is 0.308 e. The average Bonchev–Trinajstić information content (AvgIpc) is 3.75. The first-order valence-corrected chi connectivity index (χ1v) is 15.9. The second-order valence-corrected chi connectivity index (χ2v) is 12.9. The highest BCUT2D eigenvalue weighted by molar-refractivity contribution is 7.26. The number of hydrogen-bond donors (Lipinski definition) is 0. The minimum atomic E-state index is 0.996. The molecule has 3 heteroatoms. The molecule has 4 heterocycles. The first-order valence-electron chi connectivity index (χ1n) is 15.1. The molecule has 11 aromatic rings. The van der Waals surface area contributed by atoms with Gasteiger partial charge in [0.05, 0.1) is 27.9 Å². The topological polar surface area (TPSA) is 17.3 Å². The van der Waals surface area contributed by atoms with Crippen LogP contribution in [0.3, 0.4) is 0 Å². The lowest BCUT2D eigenvalue weighted by Gasteiger charge is -2.11. The summed E-state index contributed by atoms with van der Waals surface area (Å²) in [6, 6.07) is 48.8. The first-order chi connectivity index (χ1) is 21.8. The summed E-state index contributed by atoms with van der Waals surface area (Å²) in [6.45, 7) is 0. The number of thiophene rings is 1. The van der Waals surface area contributed by atoms with E-state index in [1.54, 1.807) is 0 Å². The third-order valence-corrected chi connectivity index (χ3v) is 10.9. The van der Waals surface area contributed by atoms with Gasteiger partial charge in [-0.25, -0.2) is 4.98 Å². The summed E-state index contributed by atoms with van der Waals surface area (Å²) in [7, 11) is 0. The van der Waals surface area contributed by atoms with Gasteiger partial charge in [0.1, 0.15) is 0 Å². The fraction of sp³-hybridized carbons (Fsp3) is 0. The van der Waals surface area contributed by atoms with Gasteiger partial charge in [-0.1, -0.05) is 97.1 Å². The van der Waals surface area contributed by atoms with Crippen molar-refractivity contribution in [2.75, 3.05) is 0 Å². The number of hydrogen-bond acceptors (Lipinski definition) is 2. The molecule has 0 saturated heterocycles. The first kappa shape index (κ1) is 23.0. The molecule has 11 rings (SSSR count). The summed E-state index contributed by atoms with van der Waals surface area (Å²) in [5, 5.41) is 13.2. The monoisotopic (exact) mass is 574 g/mol. The lowest BCUT2D eigenvalue weighted by molar-refractivity contribution is 1.33. The van der Waals surface area contributed by atoms with E-state index in [-0.39, 0.29) is 0 Å². The minimum Gasteiger partial charge on any atom is -0.308 e. The van der Waals surface area contributed by atoms with Crippen LogP contribution in [0.2, 0.25) is 0 Å². The van der Waals surface area contributed by atoms with Gasteiger partial charge in [0.15, 0.2) is 0 Å². The van der Waals surface area contributed by atoms with Crippen molar-refractivity contribution in [3.05, 3.63) is 133 Å². The van der Waals surface area contributed by atoms with Gasteiger partial charge in [0.2, 0.25) is 0 Å². The Labute approximate surface area is 255 Å². The van der Waals surface area contributed by atoms with Crippen molar-refractivity contribution in [3.63, 3.8) is 0 Å². The van der Waals surface area contributed by atoms with Gasteiger partial charge in [-0.2, -0.15) is 0 Å². The van der Waals surface area contributed by atoms with E-state index < -0.39 is 0 Å². The van der Waals surface area contributed by atoms with Crippen molar-refractivity contribution in [1.29, 1.82) is 0 Å². The van der Waals surface area contributed by atoms with Gasteiger partial charge in [0, 0.05) is 52.8 Å². The zero-order valence-corrected chi connectivity index (χ0v) is 24.3. The maximum Gasteiger partial charge on any atom is 0.0723 e. The number of fused-ring (bicyclic) bond motifs is 9. The molecule has 0 unspecified atom stereocenters. The summed E-state index contributed by atoms with van der Waals surface area (Å²) in [6.07, 6.45) is 0. The normalized spacial score (nSPS) is 12.5. The van der Waals surface area contributed by atoms with E-state index in [2.05, 4.69) is 138 Å². The molecule has 0 bridgehead atoms. The molecule has 0 spiro atoms. The van der Waals surface area contributed by atoms with Gasteiger partial charge < -0.3 is 4.40 Å². The molecule has 0 amide bonds. The second kappa shape index (κ2) is 8.10. The predicted molar refractivity (Wildman–Crippen MR) is 189 cm³/mol. The van der Waals surface area contributed by atoms with E-state index >= 15 is 0 Å².